The van der Waals surface area contributed by atoms with Crippen molar-refractivity contribution in [2.24, 2.45) is 70.5 Å². The van der Waals surface area contributed by atoms with Gasteiger partial charge in [0.1, 0.15) is 86.3 Å². The SMILES string of the molecule is C[C@@H]1N(c2occ[n+]2C)c2ccccc2N1C(C)(C)c1cc2ccccc2n1C.C[C@@H]1N(c2occ[n+]2C)c2ccccc2N1C(C)(C)c1cccn1C.C[C@@H]1N(c2occ[n+]2C)c2ccccc2N1C(C)(C)c1nccn1C.Cc1cc(C(C)(C)N2C=CN(c3occ[n+]3C)[C@H]2C)n(C)n1.Cc1ncc(C(C)(C)N2C=CN(c3occ[n+]3C)[C@H]2C)n1C. The molecule has 4 aromatic carbocycles. The smallest absolute Gasteiger partial charge is 0.396 e. The average Bonchev–Trinajstić information content (AvgIpc) is 1.56. The van der Waals surface area contributed by atoms with Gasteiger partial charge in [0, 0.05) is 83.1 Å². The number of para-hydroxylation sites is 7. The summed E-state index contributed by atoms with van der Waals surface area (Å²) in [6, 6.07) is 47.1. The van der Waals surface area contributed by atoms with Gasteiger partial charge in [0.25, 0.3) is 0 Å². The molecule has 123 heavy (non-hydrogen) atoms. The molecule has 644 valence electrons. The third kappa shape index (κ3) is 14.6. The van der Waals surface area contributed by atoms with Gasteiger partial charge in [0.2, 0.25) is 0 Å². The van der Waals surface area contributed by atoms with E-state index in [0.29, 0.717) is 0 Å². The Labute approximate surface area is 723 Å². The topological polar surface area (TPSA) is 181 Å². The number of hydrogen-bond donors (Lipinski definition) is 0. The van der Waals surface area contributed by atoms with Crippen LogP contribution in [-0.4, -0.2) is 78.6 Å². The van der Waals surface area contributed by atoms with E-state index in [4.69, 9.17) is 22.1 Å². The first-order valence-electron chi connectivity index (χ1n) is 42.3. The summed E-state index contributed by atoms with van der Waals surface area (Å²) in [4.78, 5) is 32.1. The molecule has 28 nitrogen and oxygen atoms in total. The Bertz CT molecular complexity index is 5910. The van der Waals surface area contributed by atoms with Crippen molar-refractivity contribution in [3.8, 4) is 0 Å². The van der Waals surface area contributed by atoms with E-state index in [9.17, 15) is 0 Å². The van der Waals surface area contributed by atoms with E-state index in [2.05, 4.69) is 360 Å². The van der Waals surface area contributed by atoms with Crippen LogP contribution in [0, 0.1) is 13.8 Å². The molecule has 5 aliphatic heterocycles. The van der Waals surface area contributed by atoms with E-state index in [1.807, 2.05) is 140 Å². The summed E-state index contributed by atoms with van der Waals surface area (Å²) in [6.45, 7) is 37.5. The van der Waals surface area contributed by atoms with Crippen molar-refractivity contribution in [3.63, 3.8) is 0 Å². The normalized spacial score (nSPS) is 17.6. The van der Waals surface area contributed by atoms with Gasteiger partial charge in [-0.25, -0.2) is 32.8 Å². The number of imidazole rings is 2. The Morgan fingerprint density at radius 1 is 0.358 bits per heavy atom. The Morgan fingerprint density at radius 2 is 0.748 bits per heavy atom. The number of aromatic nitrogens is 13. The fraction of sp³-hybridized carbons (Fsp3) is 0.389. The summed E-state index contributed by atoms with van der Waals surface area (Å²) >= 11 is 0. The molecule has 10 aromatic heterocycles. The molecule has 0 saturated carbocycles. The highest BCUT2D eigenvalue weighted by molar-refractivity contribution is 5.86. The summed E-state index contributed by atoms with van der Waals surface area (Å²) in [5.74, 6) is 2.05. The van der Waals surface area contributed by atoms with E-state index < -0.39 is 0 Å². The van der Waals surface area contributed by atoms with Gasteiger partial charge in [-0.1, -0.05) is 54.6 Å². The number of hydrogen-bond acceptors (Lipinski definition) is 18. The molecule has 5 atom stereocenters. The maximum absolute atomic E-state index is 5.87. The van der Waals surface area contributed by atoms with Crippen LogP contribution in [0.1, 0.15) is 144 Å². The Balaban J connectivity index is 0.000000120. The first-order chi connectivity index (χ1) is 58.4. The molecule has 0 fully saturated rings. The zero-order valence-electron chi connectivity index (χ0n) is 76.7. The highest BCUT2D eigenvalue weighted by Crippen LogP contribution is 2.53. The standard InChI is InChI=1S/C24H27N4O.C20H25N4O.C19H24N5O.2C16H24N5O/c1-17-27(23-25(4)14-15-29-23)20-12-8-9-13-21(20)28(17)24(2,3)22-16-18-10-6-7-11-19(18)26(22)5;1-15-23(19-22(5)13-14-25-19)16-9-6-7-10-17(16)24(15)20(2,3)18-11-8-12-21(18)4;1-14-23(18-22(5)12-13-25-18)15-8-6-7-9-16(15)24(14)19(2,3)17-20-10-11-21(17)4;1-12-17-11-14(19(12)6)16(3,4)21-8-7-20(13(21)2)15-18(5)9-10-22-15;1-12-11-14(19(6)17-12)16(3,4)21-8-7-20(13(21)2)15-18(5)9-10-22-15/h6-17H,1-5H3;6-15H,1-5H3;6-14H,1-5H3;2*7-11,13H,1-6H3/q5*+1/t17-;15-;14-;2*13-/m11111/s1. The molecule has 15 heterocycles. The van der Waals surface area contributed by atoms with Gasteiger partial charge < -0.3 is 64.9 Å². The van der Waals surface area contributed by atoms with Gasteiger partial charge in [0.05, 0.1) is 103 Å². The highest BCUT2D eigenvalue weighted by atomic mass is 16.4. The molecule has 28 heteroatoms. The van der Waals surface area contributed by atoms with Crippen molar-refractivity contribution in [1.82, 2.24) is 47.8 Å². The number of anilines is 11. The molecule has 5 aliphatic rings. The molecule has 0 unspecified atom stereocenters. The van der Waals surface area contributed by atoms with Crippen LogP contribution in [0.25, 0.3) is 10.9 Å². The largest absolute Gasteiger partial charge is 0.463 e. The van der Waals surface area contributed by atoms with Crippen LogP contribution in [0.2, 0.25) is 0 Å². The first kappa shape index (κ1) is 84.9. The number of fused-ring (bicyclic) bond motifs is 4. The summed E-state index contributed by atoms with van der Waals surface area (Å²) in [5.41, 5.74) is 13.3. The molecule has 0 saturated heterocycles. The number of benzene rings is 4. The minimum atomic E-state index is -0.284. The molecular weight excluding hydrogens is 1540 g/mol. The van der Waals surface area contributed by atoms with Gasteiger partial charge in [-0.2, -0.15) is 29.6 Å². The molecule has 0 bridgehead atoms. The van der Waals surface area contributed by atoms with Crippen molar-refractivity contribution in [1.29, 1.82) is 0 Å². The van der Waals surface area contributed by atoms with E-state index >= 15 is 0 Å². The zero-order chi connectivity index (χ0) is 88.0. The van der Waals surface area contributed by atoms with Crippen LogP contribution in [0.15, 0.2) is 255 Å². The van der Waals surface area contributed by atoms with Crippen LogP contribution < -0.4 is 62.0 Å². The second-order valence-corrected chi connectivity index (χ2v) is 35.4. The number of aryl methyl sites for hydroxylation is 11. The summed E-state index contributed by atoms with van der Waals surface area (Å²) in [7, 11) is 20.4. The van der Waals surface area contributed by atoms with E-state index in [-0.39, 0.29) is 58.5 Å². The number of rotatable bonds is 15. The third-order valence-corrected chi connectivity index (χ3v) is 25.8. The molecule has 0 radical (unpaired) electrons. The third-order valence-electron chi connectivity index (χ3n) is 25.8. The van der Waals surface area contributed by atoms with Crippen LogP contribution in [-0.2, 0) is 98.2 Å². The van der Waals surface area contributed by atoms with E-state index in [1.165, 1.54) is 56.4 Å². The molecular formula is C95H124N23O5+5. The second kappa shape index (κ2) is 32.3. The minimum Gasteiger partial charge on any atom is -0.396 e. The molecule has 14 aromatic rings. The lowest BCUT2D eigenvalue weighted by atomic mass is 9.96. The average molecular weight is 1670 g/mol. The fourth-order valence-corrected chi connectivity index (χ4v) is 19.7. The van der Waals surface area contributed by atoms with Crippen LogP contribution in [0.5, 0.6) is 0 Å². The van der Waals surface area contributed by atoms with Gasteiger partial charge in [-0.15, -0.1) is 0 Å². The van der Waals surface area contributed by atoms with Crippen molar-refractivity contribution in [3.05, 3.63) is 273 Å². The number of nitrogens with zero attached hydrogens (tertiary/aromatic N) is 23. The molecule has 0 N–H and O–H groups in total. The van der Waals surface area contributed by atoms with Crippen molar-refractivity contribution in [2.45, 2.75) is 176 Å². The van der Waals surface area contributed by atoms with E-state index in [1.54, 1.807) is 31.3 Å². The first-order valence-corrected chi connectivity index (χ1v) is 42.3. The maximum Gasteiger partial charge on any atom is 0.463 e. The summed E-state index contributed by atoms with van der Waals surface area (Å²) < 4.78 is 49.4. The lowest BCUT2D eigenvalue weighted by Crippen LogP contribution is -2.51. The van der Waals surface area contributed by atoms with Crippen molar-refractivity contribution >= 4 is 75.1 Å². The quantitative estimate of drug-likeness (QED) is 0.0883. The van der Waals surface area contributed by atoms with Crippen LogP contribution in [0.3, 0.4) is 0 Å². The fourth-order valence-electron chi connectivity index (χ4n) is 19.7. The monoisotopic (exact) mass is 1670 g/mol. The predicted octanol–water partition coefficient (Wildman–Crippen LogP) is 15.6. The van der Waals surface area contributed by atoms with Gasteiger partial charge in [-0.05, 0) is 190 Å². The zero-order valence-corrected chi connectivity index (χ0v) is 76.7. The van der Waals surface area contributed by atoms with Crippen LogP contribution in [0.4, 0.5) is 64.2 Å². The van der Waals surface area contributed by atoms with Crippen molar-refractivity contribution < 1.29 is 44.9 Å². The Morgan fingerprint density at radius 3 is 1.11 bits per heavy atom. The van der Waals surface area contributed by atoms with Gasteiger partial charge in [-0.3, -0.25) is 4.68 Å². The Kier molecular flexibility index (Phi) is 22.3. The van der Waals surface area contributed by atoms with E-state index in [0.717, 1.165) is 58.8 Å². The van der Waals surface area contributed by atoms with Crippen LogP contribution >= 0.6 is 0 Å². The molecule has 0 aliphatic carbocycles. The predicted molar refractivity (Wildman–Crippen MR) is 479 cm³/mol. The Hall–Kier alpha value is -13.1. The molecule has 0 amide bonds. The van der Waals surface area contributed by atoms with Gasteiger partial charge in [0.15, 0.2) is 47.9 Å². The number of oxazole rings is 5. The summed E-state index contributed by atoms with van der Waals surface area (Å²) in [5, 5.41) is 5.76. The molecule has 0 spiro atoms. The highest BCUT2D eigenvalue weighted by Gasteiger charge is 2.54. The summed E-state index contributed by atoms with van der Waals surface area (Å²) in [6.07, 6.45) is 35.1. The maximum atomic E-state index is 5.87. The molecule has 19 rings (SSSR count). The van der Waals surface area contributed by atoms with Crippen molar-refractivity contribution in [2.75, 3.05) is 39.2 Å². The van der Waals surface area contributed by atoms with Gasteiger partial charge >= 0.3 is 30.1 Å². The lowest BCUT2D eigenvalue weighted by molar-refractivity contribution is -0.661. The second-order valence-electron chi connectivity index (χ2n) is 35.4. The lowest BCUT2D eigenvalue weighted by Gasteiger charge is -2.39. The minimum absolute atomic E-state index is 0.0847.